The van der Waals surface area contributed by atoms with E-state index in [0.717, 1.165) is 5.56 Å². The minimum absolute atomic E-state index is 0.00821. The molecule has 2 aliphatic heterocycles. The first-order chi connectivity index (χ1) is 14.0. The van der Waals surface area contributed by atoms with Crippen molar-refractivity contribution >= 4 is 27.5 Å². The Morgan fingerprint density at radius 3 is 2.66 bits per heavy atom. The number of nitrogens with zero attached hydrogens (tertiary/aromatic N) is 3. The number of carbonyl (C=O) groups excluding carboxylic acids is 1. The van der Waals surface area contributed by atoms with Crippen molar-refractivity contribution in [1.29, 1.82) is 0 Å². The van der Waals surface area contributed by atoms with Crippen LogP contribution < -0.4 is 0 Å². The van der Waals surface area contributed by atoms with Crippen LogP contribution in [0.1, 0.15) is 23.1 Å². The number of aromatic nitrogens is 2. The van der Waals surface area contributed by atoms with E-state index in [9.17, 15) is 13.2 Å². The highest BCUT2D eigenvalue weighted by atomic mass is 32.2. The second kappa shape index (κ2) is 8.85. The van der Waals surface area contributed by atoms with Gasteiger partial charge in [0, 0.05) is 19.5 Å². The first kappa shape index (κ1) is 20.4. The molecule has 1 amide bonds. The normalized spacial score (nSPS) is 22.5. The van der Waals surface area contributed by atoms with Crippen LogP contribution in [0.4, 0.5) is 0 Å². The van der Waals surface area contributed by atoms with Gasteiger partial charge in [-0.2, -0.15) is 0 Å². The molecule has 8 nitrogen and oxygen atoms in total. The number of hydrogen-bond acceptors (Lipinski definition) is 8. The highest BCUT2D eigenvalue weighted by molar-refractivity contribution is 8.00. The quantitative estimate of drug-likeness (QED) is 0.630. The molecule has 2 aromatic rings. The summed E-state index contributed by atoms with van der Waals surface area (Å²) in [5, 5.41) is 7.98. The van der Waals surface area contributed by atoms with Gasteiger partial charge in [-0.05, 0) is 29.7 Å². The Balaban J connectivity index is 1.48. The van der Waals surface area contributed by atoms with Gasteiger partial charge in [0.25, 0.3) is 5.22 Å². The van der Waals surface area contributed by atoms with E-state index in [2.05, 4.69) is 10.2 Å². The molecule has 1 aromatic carbocycles. The zero-order chi connectivity index (χ0) is 20.3. The number of rotatable bonds is 6. The standard InChI is InChI=1S/C19H23N3O5S2/c23-18(22-7-9-26-10-8-22)17(15-4-2-1-3-5-15)28-19-21-20-16(27-19)12-14-6-11-29(24,25)13-14/h1-5,14,17H,6-13H2/t14-,17+/m0/s1. The van der Waals surface area contributed by atoms with E-state index in [1.165, 1.54) is 11.8 Å². The Labute approximate surface area is 173 Å². The second-order valence-electron chi connectivity index (χ2n) is 7.28. The van der Waals surface area contributed by atoms with E-state index >= 15 is 0 Å². The van der Waals surface area contributed by atoms with Crippen LogP contribution in [0.5, 0.6) is 0 Å². The van der Waals surface area contributed by atoms with E-state index in [4.69, 9.17) is 9.15 Å². The molecule has 0 bridgehead atoms. The summed E-state index contributed by atoms with van der Waals surface area (Å²) in [5.41, 5.74) is 0.871. The largest absolute Gasteiger partial charge is 0.416 e. The third-order valence-corrected chi connectivity index (χ3v) is 8.02. The Kier molecular flexibility index (Phi) is 6.21. The molecule has 0 aliphatic carbocycles. The molecule has 0 unspecified atom stereocenters. The fourth-order valence-corrected chi connectivity index (χ4v) is 6.43. The van der Waals surface area contributed by atoms with Gasteiger partial charge < -0.3 is 14.1 Å². The topological polar surface area (TPSA) is 103 Å². The van der Waals surface area contributed by atoms with Crippen molar-refractivity contribution in [2.24, 2.45) is 5.92 Å². The molecule has 0 spiro atoms. The van der Waals surface area contributed by atoms with Crippen molar-refractivity contribution in [3.8, 4) is 0 Å². The van der Waals surface area contributed by atoms with Gasteiger partial charge in [-0.1, -0.05) is 30.3 Å². The smallest absolute Gasteiger partial charge is 0.277 e. The molecule has 0 N–H and O–H groups in total. The minimum atomic E-state index is -2.94. The number of sulfone groups is 1. The van der Waals surface area contributed by atoms with Crippen molar-refractivity contribution in [3.05, 3.63) is 41.8 Å². The third kappa shape index (κ3) is 5.18. The lowest BCUT2D eigenvalue weighted by molar-refractivity contribution is -0.134. The van der Waals surface area contributed by atoms with Gasteiger partial charge in [0.15, 0.2) is 9.84 Å². The highest BCUT2D eigenvalue weighted by Gasteiger charge is 2.31. The van der Waals surface area contributed by atoms with E-state index in [0.29, 0.717) is 50.3 Å². The average molecular weight is 438 g/mol. The molecule has 0 saturated carbocycles. The van der Waals surface area contributed by atoms with Crippen LogP contribution in [0.3, 0.4) is 0 Å². The summed E-state index contributed by atoms with van der Waals surface area (Å²) in [6.45, 7) is 2.20. The molecule has 2 saturated heterocycles. The molecule has 2 atom stereocenters. The Hall–Kier alpha value is -1.91. The number of ether oxygens (including phenoxy) is 1. The Bertz CT molecular complexity index is 942. The molecule has 2 fully saturated rings. The molecule has 2 aliphatic rings. The van der Waals surface area contributed by atoms with Crippen molar-refractivity contribution in [2.45, 2.75) is 23.3 Å². The summed E-state index contributed by atoms with van der Waals surface area (Å²) >= 11 is 1.23. The number of hydrogen-bond donors (Lipinski definition) is 0. The van der Waals surface area contributed by atoms with Gasteiger partial charge >= 0.3 is 0 Å². The summed E-state index contributed by atoms with van der Waals surface area (Å²) < 4.78 is 34.4. The van der Waals surface area contributed by atoms with Crippen LogP contribution in [0.15, 0.2) is 40.0 Å². The number of benzene rings is 1. The lowest BCUT2D eigenvalue weighted by Crippen LogP contribution is -2.42. The van der Waals surface area contributed by atoms with Crippen LogP contribution in [0.25, 0.3) is 0 Å². The predicted octanol–water partition coefficient (Wildman–Crippen LogP) is 1.74. The highest BCUT2D eigenvalue weighted by Crippen LogP contribution is 2.36. The monoisotopic (exact) mass is 437 g/mol. The number of morpholine rings is 1. The van der Waals surface area contributed by atoms with E-state index in [-0.39, 0.29) is 23.3 Å². The second-order valence-corrected chi connectivity index (χ2v) is 10.6. The Morgan fingerprint density at radius 1 is 1.21 bits per heavy atom. The van der Waals surface area contributed by atoms with Crippen LogP contribution in [-0.2, 0) is 25.8 Å². The van der Waals surface area contributed by atoms with Crippen molar-refractivity contribution in [1.82, 2.24) is 15.1 Å². The molecule has 3 heterocycles. The van der Waals surface area contributed by atoms with Gasteiger partial charge in [-0.25, -0.2) is 8.42 Å². The fourth-order valence-electron chi connectivity index (χ4n) is 3.59. The maximum Gasteiger partial charge on any atom is 0.277 e. The number of amides is 1. The zero-order valence-corrected chi connectivity index (χ0v) is 17.5. The maximum absolute atomic E-state index is 13.2. The van der Waals surface area contributed by atoms with E-state index < -0.39 is 15.1 Å². The third-order valence-electron chi connectivity index (χ3n) is 5.11. The van der Waals surface area contributed by atoms with Crippen LogP contribution in [0, 0.1) is 5.92 Å². The van der Waals surface area contributed by atoms with Crippen molar-refractivity contribution < 1.29 is 22.4 Å². The summed E-state index contributed by atoms with van der Waals surface area (Å²) in [6, 6.07) is 9.53. The summed E-state index contributed by atoms with van der Waals surface area (Å²) in [5.74, 6) is 0.807. The fraction of sp³-hybridized carbons (Fsp3) is 0.526. The molecular weight excluding hydrogens is 414 g/mol. The van der Waals surface area contributed by atoms with Gasteiger partial charge in [0.2, 0.25) is 11.8 Å². The first-order valence-corrected chi connectivity index (χ1v) is 12.3. The predicted molar refractivity (Wildman–Crippen MR) is 107 cm³/mol. The summed E-state index contributed by atoms with van der Waals surface area (Å²) in [7, 11) is -2.94. The molecule has 0 radical (unpaired) electrons. The van der Waals surface area contributed by atoms with Crippen molar-refractivity contribution in [3.63, 3.8) is 0 Å². The minimum Gasteiger partial charge on any atom is -0.416 e. The van der Waals surface area contributed by atoms with Crippen LogP contribution in [0.2, 0.25) is 0 Å². The van der Waals surface area contributed by atoms with Gasteiger partial charge in [-0.15, -0.1) is 10.2 Å². The molecule has 156 valence electrons. The van der Waals surface area contributed by atoms with Crippen LogP contribution >= 0.6 is 11.8 Å². The number of thioether (sulfide) groups is 1. The first-order valence-electron chi connectivity index (χ1n) is 9.61. The SMILES string of the molecule is O=C([C@H](Sc1nnc(C[C@@H]2CCS(=O)(=O)C2)o1)c1ccccc1)N1CCOCC1. The summed E-state index contributed by atoms with van der Waals surface area (Å²) in [4.78, 5) is 15.0. The summed E-state index contributed by atoms with van der Waals surface area (Å²) in [6.07, 6.45) is 1.07. The van der Waals surface area contributed by atoms with Gasteiger partial charge in [0.05, 0.1) is 24.7 Å². The molecule has 29 heavy (non-hydrogen) atoms. The Morgan fingerprint density at radius 2 is 1.97 bits per heavy atom. The molecular formula is C19H23N3O5S2. The molecule has 1 aromatic heterocycles. The number of carbonyl (C=O) groups is 1. The lowest BCUT2D eigenvalue weighted by Gasteiger charge is -2.29. The van der Waals surface area contributed by atoms with Gasteiger partial charge in [0.1, 0.15) is 5.25 Å². The van der Waals surface area contributed by atoms with Gasteiger partial charge in [-0.3, -0.25) is 4.79 Å². The van der Waals surface area contributed by atoms with Crippen molar-refractivity contribution in [2.75, 3.05) is 37.8 Å². The van der Waals surface area contributed by atoms with E-state index in [1.54, 1.807) is 4.90 Å². The van der Waals surface area contributed by atoms with Crippen LogP contribution in [-0.4, -0.2) is 67.2 Å². The maximum atomic E-state index is 13.2. The lowest BCUT2D eigenvalue weighted by atomic mass is 10.1. The van der Waals surface area contributed by atoms with E-state index in [1.807, 2.05) is 30.3 Å². The average Bonchev–Trinajstić information content (AvgIpc) is 3.32. The molecule has 4 rings (SSSR count). The molecule has 10 heteroatoms. The zero-order valence-electron chi connectivity index (χ0n) is 15.9.